The van der Waals surface area contributed by atoms with Crippen molar-refractivity contribution in [2.45, 2.75) is 218 Å². The van der Waals surface area contributed by atoms with Crippen LogP contribution in [-0.2, 0) is 32.7 Å². The molecule has 0 aliphatic heterocycles. The highest BCUT2D eigenvalue weighted by molar-refractivity contribution is 7.47. The molecule has 0 aliphatic rings. The van der Waals surface area contributed by atoms with E-state index in [0.717, 1.165) is 44.9 Å². The van der Waals surface area contributed by atoms with Gasteiger partial charge in [0.25, 0.3) is 0 Å². The summed E-state index contributed by atoms with van der Waals surface area (Å²) in [4.78, 5) is 35.0. The Balaban J connectivity index is 4.25. The summed E-state index contributed by atoms with van der Waals surface area (Å²) in [6.07, 6.45) is 34.9. The second-order valence-corrected chi connectivity index (χ2v) is 16.3. The fraction of sp³-hybridized carbons (Fsp3) is 0.905. The van der Waals surface area contributed by atoms with E-state index in [9.17, 15) is 24.2 Å². The molecule has 0 fully saturated rings. The Kier molecular flexibility index (Phi) is 38.0. The predicted molar refractivity (Wildman–Crippen MR) is 215 cm³/mol. The van der Waals surface area contributed by atoms with Crippen molar-refractivity contribution < 1.29 is 47.8 Å². The third kappa shape index (κ3) is 38.8. The van der Waals surface area contributed by atoms with Crippen LogP contribution in [0, 0.1) is 0 Å². The molecular weight excluding hydrogens is 695 g/mol. The number of carbonyl (C=O) groups is 2. The molecule has 0 spiro atoms. The van der Waals surface area contributed by atoms with Gasteiger partial charge in [-0.15, -0.1) is 6.58 Å². The van der Waals surface area contributed by atoms with Crippen molar-refractivity contribution in [2.24, 2.45) is 0 Å². The minimum absolute atomic E-state index is 0.190. The fourth-order valence-electron chi connectivity index (χ4n) is 6.21. The van der Waals surface area contributed by atoms with Gasteiger partial charge in [0.15, 0.2) is 6.10 Å². The average molecular weight is 777 g/mol. The first kappa shape index (κ1) is 51.7. The van der Waals surface area contributed by atoms with Crippen LogP contribution in [0.2, 0.25) is 0 Å². The van der Waals surface area contributed by atoms with E-state index in [-0.39, 0.29) is 19.4 Å². The molecular formula is C42H81O10P. The Labute approximate surface area is 324 Å². The summed E-state index contributed by atoms with van der Waals surface area (Å²) in [6.45, 7) is 3.92. The molecule has 11 heteroatoms. The summed E-state index contributed by atoms with van der Waals surface area (Å²) < 4.78 is 32.7. The van der Waals surface area contributed by atoms with E-state index in [1.54, 1.807) is 0 Å². The molecule has 1 unspecified atom stereocenters. The smallest absolute Gasteiger partial charge is 0.462 e. The maximum atomic E-state index is 12.6. The summed E-state index contributed by atoms with van der Waals surface area (Å²) in [5.41, 5.74) is 0. The maximum Gasteiger partial charge on any atom is 0.472 e. The van der Waals surface area contributed by atoms with Crippen molar-refractivity contribution in [3.05, 3.63) is 12.7 Å². The number of esters is 2. The molecule has 0 amide bonds. The number of aliphatic hydroxyl groups excluding tert-OH is 2. The van der Waals surface area contributed by atoms with Gasteiger partial charge in [0.2, 0.25) is 0 Å². The molecule has 0 aliphatic carbocycles. The van der Waals surface area contributed by atoms with Crippen molar-refractivity contribution in [1.29, 1.82) is 0 Å². The Morgan fingerprint density at radius 2 is 0.962 bits per heavy atom. The summed E-state index contributed by atoms with van der Waals surface area (Å²) in [6, 6.07) is 0. The van der Waals surface area contributed by atoms with Gasteiger partial charge in [-0.3, -0.25) is 18.6 Å². The Morgan fingerprint density at radius 1 is 0.585 bits per heavy atom. The quantitative estimate of drug-likeness (QED) is 0.0237. The van der Waals surface area contributed by atoms with Crippen LogP contribution in [0.15, 0.2) is 12.7 Å². The van der Waals surface area contributed by atoms with Gasteiger partial charge in [0, 0.05) is 12.8 Å². The van der Waals surface area contributed by atoms with E-state index in [2.05, 4.69) is 18.0 Å². The Bertz CT molecular complexity index is 886. The predicted octanol–water partition coefficient (Wildman–Crippen LogP) is 11.2. The van der Waals surface area contributed by atoms with Crippen LogP contribution >= 0.6 is 7.82 Å². The fourth-order valence-corrected chi connectivity index (χ4v) is 7.00. The summed E-state index contributed by atoms with van der Waals surface area (Å²) in [7, 11) is -4.61. The van der Waals surface area contributed by atoms with Crippen molar-refractivity contribution in [2.75, 3.05) is 26.4 Å². The molecule has 0 aromatic heterocycles. The minimum Gasteiger partial charge on any atom is -0.462 e. The molecule has 0 bridgehead atoms. The van der Waals surface area contributed by atoms with Gasteiger partial charge < -0.3 is 24.6 Å². The highest BCUT2D eigenvalue weighted by atomic mass is 31.2. The number of hydrogen-bond acceptors (Lipinski definition) is 9. The third-order valence-corrected chi connectivity index (χ3v) is 10.5. The lowest BCUT2D eigenvalue weighted by molar-refractivity contribution is -0.161. The number of phosphoric ester groups is 1. The van der Waals surface area contributed by atoms with Crippen molar-refractivity contribution in [1.82, 2.24) is 0 Å². The van der Waals surface area contributed by atoms with Crippen LogP contribution < -0.4 is 0 Å². The molecule has 0 radical (unpaired) electrons. The van der Waals surface area contributed by atoms with E-state index in [4.69, 9.17) is 19.1 Å². The number of unbranched alkanes of at least 4 members (excludes halogenated alkanes) is 27. The van der Waals surface area contributed by atoms with E-state index in [1.807, 2.05) is 6.08 Å². The van der Waals surface area contributed by atoms with E-state index in [1.165, 1.54) is 128 Å². The molecule has 0 saturated heterocycles. The normalized spacial score (nSPS) is 13.7. The van der Waals surface area contributed by atoms with E-state index < -0.39 is 51.8 Å². The second kappa shape index (κ2) is 39.0. The number of rotatable bonds is 42. The number of phosphoric acid groups is 1. The summed E-state index contributed by atoms with van der Waals surface area (Å²) >= 11 is 0. The van der Waals surface area contributed by atoms with Crippen molar-refractivity contribution >= 4 is 19.8 Å². The number of allylic oxidation sites excluding steroid dienone is 1. The van der Waals surface area contributed by atoms with Crippen LogP contribution in [-0.4, -0.2) is 65.7 Å². The Hall–Kier alpha value is -1.29. The van der Waals surface area contributed by atoms with Gasteiger partial charge in [-0.25, -0.2) is 4.57 Å². The van der Waals surface area contributed by atoms with Crippen molar-refractivity contribution in [3.63, 3.8) is 0 Å². The number of ether oxygens (including phenoxy) is 2. The molecule has 3 atom stereocenters. The zero-order valence-corrected chi connectivity index (χ0v) is 34.7. The first-order valence-electron chi connectivity index (χ1n) is 21.6. The molecule has 0 heterocycles. The molecule has 0 aromatic carbocycles. The first-order chi connectivity index (χ1) is 25.7. The van der Waals surface area contributed by atoms with Crippen LogP contribution in [0.3, 0.4) is 0 Å². The van der Waals surface area contributed by atoms with Crippen LogP contribution in [0.5, 0.6) is 0 Å². The van der Waals surface area contributed by atoms with E-state index >= 15 is 0 Å². The number of aliphatic hydroxyl groups is 2. The summed E-state index contributed by atoms with van der Waals surface area (Å²) in [5, 5.41) is 18.3. The minimum atomic E-state index is -4.61. The zero-order valence-electron chi connectivity index (χ0n) is 33.8. The lowest BCUT2D eigenvalue weighted by Crippen LogP contribution is -2.29. The third-order valence-electron chi connectivity index (χ3n) is 9.57. The van der Waals surface area contributed by atoms with Gasteiger partial charge >= 0.3 is 19.8 Å². The Morgan fingerprint density at radius 3 is 1.38 bits per heavy atom. The highest BCUT2D eigenvalue weighted by Crippen LogP contribution is 2.43. The molecule has 0 saturated carbocycles. The molecule has 0 aromatic rings. The molecule has 53 heavy (non-hydrogen) atoms. The largest absolute Gasteiger partial charge is 0.472 e. The lowest BCUT2D eigenvalue weighted by Gasteiger charge is -2.20. The SMILES string of the molecule is C=CCCCCCCCCCCCCCCCC(=O)OC[C@H](COP(=O)(O)OC[C@@H](O)CO)OC(=O)CCCCCCCCCCCCCCCCC. The summed E-state index contributed by atoms with van der Waals surface area (Å²) in [5.74, 6) is -0.916. The maximum absolute atomic E-state index is 12.6. The average Bonchev–Trinajstić information content (AvgIpc) is 3.14. The number of hydrogen-bond donors (Lipinski definition) is 3. The molecule has 10 nitrogen and oxygen atoms in total. The monoisotopic (exact) mass is 777 g/mol. The van der Waals surface area contributed by atoms with Gasteiger partial charge in [-0.05, 0) is 25.7 Å². The van der Waals surface area contributed by atoms with Crippen LogP contribution in [0.4, 0.5) is 0 Å². The van der Waals surface area contributed by atoms with Crippen LogP contribution in [0.1, 0.15) is 206 Å². The zero-order chi connectivity index (χ0) is 39.1. The number of carbonyl (C=O) groups excluding carboxylic acids is 2. The second-order valence-electron chi connectivity index (χ2n) is 14.8. The van der Waals surface area contributed by atoms with Crippen LogP contribution in [0.25, 0.3) is 0 Å². The highest BCUT2D eigenvalue weighted by Gasteiger charge is 2.27. The molecule has 3 N–H and O–H groups in total. The van der Waals surface area contributed by atoms with Gasteiger partial charge in [0.05, 0.1) is 19.8 Å². The lowest BCUT2D eigenvalue weighted by atomic mass is 10.0. The van der Waals surface area contributed by atoms with E-state index in [0.29, 0.717) is 12.8 Å². The van der Waals surface area contributed by atoms with Gasteiger partial charge in [-0.1, -0.05) is 174 Å². The molecule has 0 rings (SSSR count). The van der Waals surface area contributed by atoms with Crippen molar-refractivity contribution in [3.8, 4) is 0 Å². The van der Waals surface area contributed by atoms with Gasteiger partial charge in [0.1, 0.15) is 12.7 Å². The van der Waals surface area contributed by atoms with Gasteiger partial charge in [-0.2, -0.15) is 0 Å². The molecule has 314 valence electrons. The standard InChI is InChI=1S/C42H81O10P/c1-3-5-7-9-11-13-15-17-19-21-23-25-27-29-31-33-41(45)49-37-40(38-51-53(47,48)50-36-39(44)35-43)52-42(46)34-32-30-28-26-24-22-20-18-16-14-12-10-8-6-4-2/h3,39-40,43-44H,1,4-38H2,2H3,(H,47,48)/t39-,40+/m0/s1. The topological polar surface area (TPSA) is 149 Å². The first-order valence-corrected chi connectivity index (χ1v) is 23.1.